The lowest BCUT2D eigenvalue weighted by Gasteiger charge is -2.34. The number of rotatable bonds is 4. The van der Waals surface area contributed by atoms with Gasteiger partial charge >= 0.3 is 17.8 Å². The topological polar surface area (TPSA) is 86.8 Å². The van der Waals surface area contributed by atoms with Crippen molar-refractivity contribution in [1.82, 2.24) is 15.1 Å². The van der Waals surface area contributed by atoms with E-state index in [9.17, 15) is 19.2 Å². The SMILES string of the molecule is C[C@H]1CCCC[C@H]1N1C(=O)C(=O)N(CC(=O)NC2CC2)C1=O. The summed E-state index contributed by atoms with van der Waals surface area (Å²) in [6.07, 6.45) is 5.56. The normalized spacial score (nSPS) is 29.2. The third kappa shape index (κ3) is 2.71. The molecule has 2 aliphatic carbocycles. The van der Waals surface area contributed by atoms with E-state index in [2.05, 4.69) is 5.32 Å². The lowest BCUT2D eigenvalue weighted by atomic mass is 9.85. The van der Waals surface area contributed by atoms with Crippen LogP contribution in [0.25, 0.3) is 0 Å². The first-order valence-electron chi connectivity index (χ1n) is 7.97. The van der Waals surface area contributed by atoms with Gasteiger partial charge in [-0.25, -0.2) is 9.69 Å². The maximum atomic E-state index is 12.4. The Morgan fingerprint density at radius 2 is 1.77 bits per heavy atom. The average molecular weight is 307 g/mol. The summed E-state index contributed by atoms with van der Waals surface area (Å²) in [6.45, 7) is 1.63. The molecule has 0 aromatic heterocycles. The predicted molar refractivity (Wildman–Crippen MR) is 76.5 cm³/mol. The van der Waals surface area contributed by atoms with Crippen LogP contribution in [-0.4, -0.2) is 52.2 Å². The molecule has 1 N–H and O–H groups in total. The molecule has 7 nitrogen and oxygen atoms in total. The van der Waals surface area contributed by atoms with Gasteiger partial charge in [0, 0.05) is 12.1 Å². The summed E-state index contributed by atoms with van der Waals surface area (Å²) in [5, 5.41) is 2.72. The third-order valence-corrected chi connectivity index (χ3v) is 4.73. The molecule has 3 aliphatic rings. The highest BCUT2D eigenvalue weighted by Gasteiger charge is 2.49. The zero-order valence-electron chi connectivity index (χ0n) is 12.7. The number of imide groups is 2. The average Bonchev–Trinajstić information content (AvgIpc) is 3.26. The number of nitrogens with one attached hydrogen (secondary N) is 1. The monoisotopic (exact) mass is 307 g/mol. The zero-order chi connectivity index (χ0) is 15.9. The minimum absolute atomic E-state index is 0.158. The summed E-state index contributed by atoms with van der Waals surface area (Å²) in [5.41, 5.74) is 0. The number of hydrogen-bond donors (Lipinski definition) is 1. The van der Waals surface area contributed by atoms with Crippen LogP contribution in [0.1, 0.15) is 45.4 Å². The molecule has 120 valence electrons. The Balaban J connectivity index is 1.70. The Bertz CT molecular complexity index is 529. The Morgan fingerprint density at radius 1 is 1.09 bits per heavy atom. The van der Waals surface area contributed by atoms with Gasteiger partial charge in [-0.3, -0.25) is 19.3 Å². The predicted octanol–water partition coefficient (Wildman–Crippen LogP) is 0.635. The van der Waals surface area contributed by atoms with Crippen LogP contribution in [0.4, 0.5) is 4.79 Å². The van der Waals surface area contributed by atoms with E-state index >= 15 is 0 Å². The molecule has 3 fully saturated rings. The second-order valence-electron chi connectivity index (χ2n) is 6.52. The van der Waals surface area contributed by atoms with Crippen molar-refractivity contribution in [3.63, 3.8) is 0 Å². The number of hydrogen-bond acceptors (Lipinski definition) is 4. The highest BCUT2D eigenvalue weighted by atomic mass is 16.2. The molecule has 1 saturated heterocycles. The molecule has 0 unspecified atom stereocenters. The minimum Gasteiger partial charge on any atom is -0.352 e. The zero-order valence-corrected chi connectivity index (χ0v) is 12.7. The maximum Gasteiger partial charge on any atom is 0.334 e. The largest absolute Gasteiger partial charge is 0.352 e. The fourth-order valence-corrected chi connectivity index (χ4v) is 3.28. The molecule has 1 heterocycles. The van der Waals surface area contributed by atoms with Crippen molar-refractivity contribution < 1.29 is 19.2 Å². The Morgan fingerprint density at radius 3 is 2.41 bits per heavy atom. The van der Waals surface area contributed by atoms with Gasteiger partial charge in [-0.2, -0.15) is 0 Å². The van der Waals surface area contributed by atoms with E-state index < -0.39 is 17.8 Å². The molecule has 2 saturated carbocycles. The van der Waals surface area contributed by atoms with E-state index in [0.717, 1.165) is 48.3 Å². The fourth-order valence-electron chi connectivity index (χ4n) is 3.28. The first kappa shape index (κ1) is 15.0. The molecule has 0 spiro atoms. The molecule has 0 bridgehead atoms. The summed E-state index contributed by atoms with van der Waals surface area (Å²) < 4.78 is 0. The van der Waals surface area contributed by atoms with Gasteiger partial charge in [0.1, 0.15) is 6.54 Å². The highest BCUT2D eigenvalue weighted by Crippen LogP contribution is 2.31. The van der Waals surface area contributed by atoms with Gasteiger partial charge in [0.05, 0.1) is 0 Å². The third-order valence-electron chi connectivity index (χ3n) is 4.73. The van der Waals surface area contributed by atoms with Gasteiger partial charge in [0.15, 0.2) is 0 Å². The maximum absolute atomic E-state index is 12.4. The molecular formula is C15H21N3O4. The van der Waals surface area contributed by atoms with E-state index in [1.165, 1.54) is 0 Å². The van der Waals surface area contributed by atoms with Crippen LogP contribution in [-0.2, 0) is 14.4 Å². The first-order valence-corrected chi connectivity index (χ1v) is 7.97. The highest BCUT2D eigenvalue weighted by molar-refractivity contribution is 6.45. The Hall–Kier alpha value is -1.92. The number of carbonyl (C=O) groups excluding carboxylic acids is 4. The number of carbonyl (C=O) groups is 4. The van der Waals surface area contributed by atoms with Gasteiger partial charge in [0.25, 0.3) is 0 Å². The number of amides is 5. The van der Waals surface area contributed by atoms with Crippen molar-refractivity contribution in [2.75, 3.05) is 6.54 Å². The second-order valence-corrected chi connectivity index (χ2v) is 6.52. The smallest absolute Gasteiger partial charge is 0.334 e. The van der Waals surface area contributed by atoms with Crippen LogP contribution < -0.4 is 5.32 Å². The van der Waals surface area contributed by atoms with E-state index in [-0.39, 0.29) is 30.5 Å². The quantitative estimate of drug-likeness (QED) is 0.610. The molecule has 7 heteroatoms. The minimum atomic E-state index is -0.881. The number of nitrogens with zero attached hydrogens (tertiary/aromatic N) is 2. The molecule has 0 radical (unpaired) electrons. The molecule has 0 aromatic carbocycles. The van der Waals surface area contributed by atoms with Crippen molar-refractivity contribution in [3.05, 3.63) is 0 Å². The van der Waals surface area contributed by atoms with Crippen LogP contribution in [0.3, 0.4) is 0 Å². The van der Waals surface area contributed by atoms with Crippen molar-refractivity contribution in [2.45, 2.75) is 57.5 Å². The van der Waals surface area contributed by atoms with E-state index in [0.29, 0.717) is 0 Å². The molecular weight excluding hydrogens is 286 g/mol. The van der Waals surface area contributed by atoms with E-state index in [4.69, 9.17) is 0 Å². The molecule has 5 amide bonds. The van der Waals surface area contributed by atoms with Crippen LogP contribution >= 0.6 is 0 Å². The summed E-state index contributed by atoms with van der Waals surface area (Å²) >= 11 is 0. The van der Waals surface area contributed by atoms with Gasteiger partial charge in [0.2, 0.25) is 5.91 Å². The summed E-state index contributed by atoms with van der Waals surface area (Å²) in [7, 11) is 0. The van der Waals surface area contributed by atoms with Crippen molar-refractivity contribution >= 4 is 23.8 Å². The second kappa shape index (κ2) is 5.70. The van der Waals surface area contributed by atoms with Crippen LogP contribution in [0, 0.1) is 5.92 Å². The van der Waals surface area contributed by atoms with Crippen LogP contribution in [0.15, 0.2) is 0 Å². The molecule has 0 aromatic rings. The fraction of sp³-hybridized carbons (Fsp3) is 0.733. The van der Waals surface area contributed by atoms with Gasteiger partial charge < -0.3 is 5.32 Å². The standard InChI is InChI=1S/C15H21N3O4/c1-9-4-2-3-5-11(9)18-14(21)13(20)17(15(18)22)8-12(19)16-10-6-7-10/h9-11H,2-8H2,1H3,(H,16,19)/t9-,11+/m0/s1. The molecule has 22 heavy (non-hydrogen) atoms. The van der Waals surface area contributed by atoms with Gasteiger partial charge in [-0.1, -0.05) is 19.8 Å². The van der Waals surface area contributed by atoms with Crippen molar-refractivity contribution in [3.8, 4) is 0 Å². The van der Waals surface area contributed by atoms with Crippen molar-refractivity contribution in [1.29, 1.82) is 0 Å². The summed E-state index contributed by atoms with van der Waals surface area (Å²) in [6, 6.07) is -0.709. The van der Waals surface area contributed by atoms with E-state index in [1.54, 1.807) is 0 Å². The number of urea groups is 1. The molecule has 1 aliphatic heterocycles. The van der Waals surface area contributed by atoms with Crippen LogP contribution in [0.5, 0.6) is 0 Å². The summed E-state index contributed by atoms with van der Waals surface area (Å²) in [5.74, 6) is -1.86. The van der Waals surface area contributed by atoms with Crippen LogP contribution in [0.2, 0.25) is 0 Å². The molecule has 2 atom stereocenters. The van der Waals surface area contributed by atoms with Gasteiger partial charge in [-0.05, 0) is 31.6 Å². The van der Waals surface area contributed by atoms with Gasteiger partial charge in [-0.15, -0.1) is 0 Å². The first-order chi connectivity index (χ1) is 10.5. The molecule has 3 rings (SSSR count). The summed E-state index contributed by atoms with van der Waals surface area (Å²) in [4.78, 5) is 50.3. The Kier molecular flexibility index (Phi) is 3.88. The lowest BCUT2D eigenvalue weighted by molar-refractivity contribution is -0.145. The van der Waals surface area contributed by atoms with Crippen molar-refractivity contribution in [2.24, 2.45) is 5.92 Å². The van der Waals surface area contributed by atoms with E-state index in [1.807, 2.05) is 6.92 Å². The lowest BCUT2D eigenvalue weighted by Crippen LogP contribution is -2.47. The Labute approximate surface area is 129 Å².